The fourth-order valence-electron chi connectivity index (χ4n) is 3.41. The summed E-state index contributed by atoms with van der Waals surface area (Å²) in [4.78, 5) is 28.1. The van der Waals surface area contributed by atoms with Crippen LogP contribution in [0.25, 0.3) is 0 Å². The fourth-order valence-corrected chi connectivity index (χ4v) is 3.41. The number of carbonyl (C=O) groups excluding carboxylic acids is 2. The molecule has 7 nitrogen and oxygen atoms in total. The van der Waals surface area contributed by atoms with Crippen molar-refractivity contribution in [1.29, 1.82) is 0 Å². The van der Waals surface area contributed by atoms with Crippen LogP contribution >= 0.6 is 0 Å². The lowest BCUT2D eigenvalue weighted by Gasteiger charge is -2.33. The summed E-state index contributed by atoms with van der Waals surface area (Å²) in [5.74, 6) is 1.92. The van der Waals surface area contributed by atoms with Crippen LogP contribution < -0.4 is 14.8 Å². The first-order valence-electron chi connectivity index (χ1n) is 10.2. The molecule has 1 fully saturated rings. The molecule has 1 heterocycles. The molecule has 1 aliphatic heterocycles. The number of nitrogens with one attached hydrogen (secondary N) is 1. The van der Waals surface area contributed by atoms with Gasteiger partial charge in [0.25, 0.3) is 0 Å². The number of carbonyl (C=O) groups is 2. The average molecular weight is 412 g/mol. The summed E-state index contributed by atoms with van der Waals surface area (Å²) >= 11 is 0. The summed E-state index contributed by atoms with van der Waals surface area (Å²) in [6.07, 6.45) is 1.61. The largest absolute Gasteiger partial charge is 0.494 e. The van der Waals surface area contributed by atoms with Gasteiger partial charge in [0, 0.05) is 32.9 Å². The minimum atomic E-state index is -0.206. The van der Waals surface area contributed by atoms with Crippen molar-refractivity contribution in [3.8, 4) is 17.2 Å². The number of anilines is 1. The van der Waals surface area contributed by atoms with E-state index >= 15 is 0 Å². The molecule has 2 aromatic rings. The van der Waals surface area contributed by atoms with Gasteiger partial charge >= 0.3 is 6.03 Å². The maximum absolute atomic E-state index is 12.7. The van der Waals surface area contributed by atoms with Crippen molar-refractivity contribution < 1.29 is 19.1 Å². The van der Waals surface area contributed by atoms with Gasteiger partial charge in [0.15, 0.2) is 0 Å². The predicted octanol–water partition coefficient (Wildman–Crippen LogP) is 4.21. The van der Waals surface area contributed by atoms with E-state index in [4.69, 9.17) is 9.47 Å². The van der Waals surface area contributed by atoms with Gasteiger partial charge in [-0.1, -0.05) is 0 Å². The van der Waals surface area contributed by atoms with Crippen LogP contribution in [0.4, 0.5) is 10.5 Å². The summed E-state index contributed by atoms with van der Waals surface area (Å²) < 4.78 is 11.3. The maximum atomic E-state index is 12.7. The van der Waals surface area contributed by atoms with E-state index < -0.39 is 0 Å². The highest BCUT2D eigenvalue weighted by molar-refractivity contribution is 5.93. The highest BCUT2D eigenvalue weighted by Gasteiger charge is 2.29. The van der Waals surface area contributed by atoms with Crippen LogP contribution in [0.5, 0.6) is 17.2 Å². The minimum Gasteiger partial charge on any atom is -0.494 e. The third kappa shape index (κ3) is 5.65. The van der Waals surface area contributed by atoms with Gasteiger partial charge in [-0.25, -0.2) is 4.79 Å². The number of likely N-dealkylation sites (tertiary alicyclic amines) is 1. The Morgan fingerprint density at radius 3 is 2.23 bits per heavy atom. The first-order chi connectivity index (χ1) is 14.5. The van der Waals surface area contributed by atoms with E-state index in [9.17, 15) is 9.59 Å². The third-order valence-electron chi connectivity index (χ3n) is 4.94. The summed E-state index contributed by atoms with van der Waals surface area (Å²) in [6, 6.07) is 14.6. The first kappa shape index (κ1) is 21.5. The number of piperidine rings is 1. The molecule has 0 spiro atoms. The van der Waals surface area contributed by atoms with E-state index in [1.54, 1.807) is 23.9 Å². The van der Waals surface area contributed by atoms with Gasteiger partial charge in [0.05, 0.1) is 12.5 Å². The number of hydrogen-bond donors (Lipinski definition) is 1. The van der Waals surface area contributed by atoms with Crippen molar-refractivity contribution in [2.45, 2.75) is 19.8 Å². The standard InChI is InChI=1S/C23H29N3O4/c1-4-29-19-11-13-21(14-12-19)30-20-9-7-18(8-10-20)24-22(27)17-6-5-15-26(16-17)23(28)25(2)3/h7-14,17H,4-6,15-16H2,1-3H3,(H,24,27)/t17-/m0/s1. The molecule has 30 heavy (non-hydrogen) atoms. The van der Waals surface area contributed by atoms with Crippen LogP contribution in [-0.2, 0) is 4.79 Å². The molecule has 3 rings (SSSR count). The van der Waals surface area contributed by atoms with Gasteiger partial charge in [-0.2, -0.15) is 0 Å². The lowest BCUT2D eigenvalue weighted by Crippen LogP contribution is -2.47. The average Bonchev–Trinajstić information content (AvgIpc) is 2.76. The molecule has 0 radical (unpaired) electrons. The van der Waals surface area contributed by atoms with E-state index in [0.29, 0.717) is 36.9 Å². The zero-order valence-electron chi connectivity index (χ0n) is 17.8. The smallest absolute Gasteiger partial charge is 0.319 e. The van der Waals surface area contributed by atoms with E-state index in [-0.39, 0.29) is 17.9 Å². The molecule has 3 amide bonds. The van der Waals surface area contributed by atoms with Gasteiger partial charge in [0.1, 0.15) is 17.2 Å². The highest BCUT2D eigenvalue weighted by Crippen LogP contribution is 2.26. The van der Waals surface area contributed by atoms with Crippen LogP contribution in [0.2, 0.25) is 0 Å². The number of benzene rings is 2. The van der Waals surface area contributed by atoms with Gasteiger partial charge in [-0.15, -0.1) is 0 Å². The Kier molecular flexibility index (Phi) is 7.17. The number of amides is 3. The monoisotopic (exact) mass is 411 g/mol. The molecular weight excluding hydrogens is 382 g/mol. The summed E-state index contributed by atoms with van der Waals surface area (Å²) in [5.41, 5.74) is 0.704. The van der Waals surface area contributed by atoms with Crippen molar-refractivity contribution in [3.63, 3.8) is 0 Å². The van der Waals surface area contributed by atoms with Crippen LogP contribution in [0, 0.1) is 5.92 Å². The first-order valence-corrected chi connectivity index (χ1v) is 10.2. The molecule has 0 saturated carbocycles. The zero-order chi connectivity index (χ0) is 21.5. The van der Waals surface area contributed by atoms with Gasteiger partial charge in [0.2, 0.25) is 5.91 Å². The SMILES string of the molecule is CCOc1ccc(Oc2ccc(NC(=O)[C@H]3CCCN(C(=O)N(C)C)C3)cc2)cc1. The second-order valence-corrected chi connectivity index (χ2v) is 7.48. The van der Waals surface area contributed by atoms with E-state index in [1.807, 2.05) is 55.5 Å². The molecule has 1 aliphatic rings. The molecule has 0 unspecified atom stereocenters. The van der Waals surface area contributed by atoms with Gasteiger partial charge < -0.3 is 24.6 Å². The second-order valence-electron chi connectivity index (χ2n) is 7.48. The molecule has 1 atom stereocenters. The Morgan fingerprint density at radius 1 is 1.03 bits per heavy atom. The van der Waals surface area contributed by atoms with Crippen molar-refractivity contribution in [2.75, 3.05) is 39.1 Å². The number of urea groups is 1. The highest BCUT2D eigenvalue weighted by atomic mass is 16.5. The normalized spacial score (nSPS) is 16.0. The molecule has 1 saturated heterocycles. The molecule has 2 aromatic carbocycles. The minimum absolute atomic E-state index is 0.0525. The molecule has 1 N–H and O–H groups in total. The Balaban J connectivity index is 1.54. The summed E-state index contributed by atoms with van der Waals surface area (Å²) in [6.45, 7) is 3.71. The summed E-state index contributed by atoms with van der Waals surface area (Å²) in [7, 11) is 3.45. The summed E-state index contributed by atoms with van der Waals surface area (Å²) in [5, 5.41) is 2.95. The van der Waals surface area contributed by atoms with E-state index in [2.05, 4.69) is 5.32 Å². The Bertz CT molecular complexity index is 850. The second kappa shape index (κ2) is 10.0. The molecular formula is C23H29N3O4. The van der Waals surface area contributed by atoms with Crippen LogP contribution in [-0.4, -0.2) is 55.5 Å². The Morgan fingerprint density at radius 2 is 1.63 bits per heavy atom. The molecule has 160 valence electrons. The number of hydrogen-bond acceptors (Lipinski definition) is 4. The van der Waals surface area contributed by atoms with Gasteiger partial charge in [-0.05, 0) is 68.3 Å². The lowest BCUT2D eigenvalue weighted by molar-refractivity contribution is -0.121. The van der Waals surface area contributed by atoms with Crippen LogP contribution in [0.1, 0.15) is 19.8 Å². The quantitative estimate of drug-likeness (QED) is 0.773. The van der Waals surface area contributed by atoms with Gasteiger partial charge in [-0.3, -0.25) is 4.79 Å². The number of rotatable bonds is 6. The van der Waals surface area contributed by atoms with Crippen molar-refractivity contribution in [3.05, 3.63) is 48.5 Å². The van der Waals surface area contributed by atoms with Crippen molar-refractivity contribution in [1.82, 2.24) is 9.80 Å². The van der Waals surface area contributed by atoms with Crippen molar-refractivity contribution >= 4 is 17.6 Å². The lowest BCUT2D eigenvalue weighted by atomic mass is 9.97. The van der Waals surface area contributed by atoms with E-state index in [0.717, 1.165) is 18.6 Å². The number of ether oxygens (including phenoxy) is 2. The molecule has 0 aliphatic carbocycles. The molecule has 0 bridgehead atoms. The Labute approximate surface area is 177 Å². The Hall–Kier alpha value is -3.22. The predicted molar refractivity (Wildman–Crippen MR) is 116 cm³/mol. The zero-order valence-corrected chi connectivity index (χ0v) is 17.8. The molecule has 0 aromatic heterocycles. The van der Waals surface area contributed by atoms with E-state index in [1.165, 1.54) is 0 Å². The maximum Gasteiger partial charge on any atom is 0.319 e. The topological polar surface area (TPSA) is 71.1 Å². The van der Waals surface area contributed by atoms with Crippen molar-refractivity contribution in [2.24, 2.45) is 5.92 Å². The number of nitrogens with zero attached hydrogens (tertiary/aromatic N) is 2. The van der Waals surface area contributed by atoms with Crippen LogP contribution in [0.15, 0.2) is 48.5 Å². The fraction of sp³-hybridized carbons (Fsp3) is 0.391. The third-order valence-corrected chi connectivity index (χ3v) is 4.94. The van der Waals surface area contributed by atoms with Crippen LogP contribution in [0.3, 0.4) is 0 Å². The molecule has 7 heteroatoms.